The number of carbonyl (C=O) groups excluding carboxylic acids is 2. The second kappa shape index (κ2) is 9.26. The molecule has 2 heterocycles. The first-order chi connectivity index (χ1) is 16.3. The third-order valence-corrected chi connectivity index (χ3v) is 5.24. The number of rotatable bonds is 7. The number of benzene rings is 2. The van der Waals surface area contributed by atoms with Gasteiger partial charge in [-0.2, -0.15) is 9.78 Å². The number of nitrogens with two attached hydrogens (primary N) is 1. The minimum atomic E-state index is -0.602. The number of amides is 2. The van der Waals surface area contributed by atoms with E-state index >= 15 is 0 Å². The van der Waals surface area contributed by atoms with E-state index in [2.05, 4.69) is 15.1 Å². The molecule has 0 saturated heterocycles. The largest absolute Gasteiger partial charge is 0.494 e. The summed E-state index contributed by atoms with van der Waals surface area (Å²) in [5.74, 6) is -0.557. The predicted octanol–water partition coefficient (Wildman–Crippen LogP) is 2.89. The number of primary amides is 1. The van der Waals surface area contributed by atoms with Gasteiger partial charge in [0, 0.05) is 41.5 Å². The molecule has 2 amide bonds. The molecule has 0 unspecified atom stereocenters. The number of ether oxygens (including phenoxy) is 1. The number of aryl methyl sites for hydroxylation is 1. The molecule has 0 atom stereocenters. The van der Waals surface area contributed by atoms with Crippen LogP contribution in [0.2, 0.25) is 0 Å². The second-order valence-corrected chi connectivity index (χ2v) is 7.70. The normalized spacial score (nSPS) is 10.9. The second-order valence-electron chi connectivity index (χ2n) is 7.70. The van der Waals surface area contributed by atoms with E-state index in [1.807, 2.05) is 13.8 Å². The van der Waals surface area contributed by atoms with Crippen LogP contribution in [0.15, 0.2) is 48.8 Å². The van der Waals surface area contributed by atoms with Crippen LogP contribution in [0, 0.1) is 12.7 Å². The fourth-order valence-electron chi connectivity index (χ4n) is 3.63. The van der Waals surface area contributed by atoms with Crippen LogP contribution in [0.1, 0.15) is 23.0 Å². The summed E-state index contributed by atoms with van der Waals surface area (Å²) in [6, 6.07) is 9.62. The summed E-state index contributed by atoms with van der Waals surface area (Å²) in [5.41, 5.74) is 7.71. The lowest BCUT2D eigenvalue weighted by atomic mass is 10.1. The zero-order valence-corrected chi connectivity index (χ0v) is 18.9. The van der Waals surface area contributed by atoms with Gasteiger partial charge in [0.2, 0.25) is 5.91 Å². The van der Waals surface area contributed by atoms with Gasteiger partial charge in [0.25, 0.3) is 11.9 Å². The Hall–Kier alpha value is -4.34. The van der Waals surface area contributed by atoms with Crippen LogP contribution in [0.3, 0.4) is 0 Å². The van der Waals surface area contributed by atoms with Gasteiger partial charge in [-0.3, -0.25) is 9.59 Å². The molecule has 0 saturated carbocycles. The summed E-state index contributed by atoms with van der Waals surface area (Å²) in [4.78, 5) is 33.9. The highest BCUT2D eigenvalue weighted by Crippen LogP contribution is 2.27. The van der Waals surface area contributed by atoms with E-state index in [4.69, 9.17) is 10.5 Å². The van der Waals surface area contributed by atoms with Crippen LogP contribution in [0.4, 0.5) is 4.39 Å². The number of carbonyl (C=O) groups is 2. The zero-order valence-electron chi connectivity index (χ0n) is 18.9. The molecule has 34 heavy (non-hydrogen) atoms. The van der Waals surface area contributed by atoms with Crippen LogP contribution < -0.4 is 10.5 Å². The van der Waals surface area contributed by atoms with Crippen molar-refractivity contribution in [3.05, 3.63) is 65.9 Å². The molecule has 0 aliphatic heterocycles. The highest BCUT2D eigenvalue weighted by atomic mass is 19.1. The molecule has 0 bridgehead atoms. The summed E-state index contributed by atoms with van der Waals surface area (Å²) < 4.78 is 21.4. The van der Waals surface area contributed by atoms with Gasteiger partial charge >= 0.3 is 0 Å². The Balaban J connectivity index is 1.71. The molecule has 2 aromatic carbocycles. The lowest BCUT2D eigenvalue weighted by Crippen LogP contribution is -2.35. The van der Waals surface area contributed by atoms with Gasteiger partial charge in [-0.15, -0.1) is 0 Å². The maximum absolute atomic E-state index is 14.4. The number of hydrogen-bond acceptors (Lipinski definition) is 6. The fourth-order valence-corrected chi connectivity index (χ4v) is 3.63. The molecule has 0 aliphatic rings. The van der Waals surface area contributed by atoms with Crippen molar-refractivity contribution in [1.29, 1.82) is 0 Å². The number of hydrogen-bond donors (Lipinski definition) is 1. The van der Waals surface area contributed by atoms with Crippen molar-refractivity contribution < 1.29 is 18.7 Å². The summed E-state index contributed by atoms with van der Waals surface area (Å²) in [5, 5.41) is 5.33. The molecular weight excluding hydrogens is 439 g/mol. The van der Waals surface area contributed by atoms with E-state index in [9.17, 15) is 14.0 Å². The molecule has 174 valence electrons. The molecule has 2 N–H and O–H groups in total. The molecule has 10 heteroatoms. The summed E-state index contributed by atoms with van der Waals surface area (Å²) in [6.07, 6.45) is 3.02. The maximum Gasteiger partial charge on any atom is 0.254 e. The van der Waals surface area contributed by atoms with Crippen molar-refractivity contribution in [3.8, 4) is 22.8 Å². The van der Waals surface area contributed by atoms with Crippen molar-refractivity contribution in [3.63, 3.8) is 0 Å². The number of aromatic nitrogens is 4. The molecule has 0 fully saturated rings. The van der Waals surface area contributed by atoms with Crippen molar-refractivity contribution in [1.82, 2.24) is 24.6 Å². The van der Waals surface area contributed by atoms with Crippen molar-refractivity contribution >= 4 is 22.7 Å². The molecule has 9 nitrogen and oxygen atoms in total. The lowest BCUT2D eigenvalue weighted by molar-refractivity contribution is -0.118. The highest BCUT2D eigenvalue weighted by molar-refractivity contribution is 5.99. The van der Waals surface area contributed by atoms with E-state index in [-0.39, 0.29) is 18.4 Å². The minimum Gasteiger partial charge on any atom is -0.494 e. The van der Waals surface area contributed by atoms with E-state index < -0.39 is 11.7 Å². The minimum absolute atomic E-state index is 0.194. The fraction of sp³-hybridized carbons (Fsp3) is 0.208. The third-order valence-electron chi connectivity index (χ3n) is 5.24. The Morgan fingerprint density at radius 2 is 1.88 bits per heavy atom. The monoisotopic (exact) mass is 462 g/mol. The van der Waals surface area contributed by atoms with E-state index in [1.54, 1.807) is 30.3 Å². The topological polar surface area (TPSA) is 116 Å². The first-order valence-corrected chi connectivity index (χ1v) is 10.6. The zero-order chi connectivity index (χ0) is 24.4. The third kappa shape index (κ3) is 4.42. The average molecular weight is 462 g/mol. The van der Waals surface area contributed by atoms with Crippen molar-refractivity contribution in [2.45, 2.75) is 13.8 Å². The Bertz CT molecular complexity index is 1380. The first kappa shape index (κ1) is 22.8. The smallest absolute Gasteiger partial charge is 0.254 e. The molecule has 0 radical (unpaired) electrons. The van der Waals surface area contributed by atoms with Crippen LogP contribution in [0.5, 0.6) is 5.75 Å². The molecular formula is C24H23FN6O3. The number of likely N-dealkylation sites (N-methyl/N-ethyl adjacent to an activating group) is 1. The molecule has 4 rings (SSSR count). The number of nitrogens with zero attached hydrogens (tertiary/aromatic N) is 5. The Labute approximate surface area is 195 Å². The lowest BCUT2D eigenvalue weighted by Gasteiger charge is -2.15. The van der Waals surface area contributed by atoms with Gasteiger partial charge in [0.05, 0.1) is 24.4 Å². The predicted molar refractivity (Wildman–Crippen MR) is 124 cm³/mol. The van der Waals surface area contributed by atoms with E-state index in [1.165, 1.54) is 35.1 Å². The van der Waals surface area contributed by atoms with Gasteiger partial charge in [0.1, 0.15) is 11.6 Å². The Morgan fingerprint density at radius 1 is 1.15 bits per heavy atom. The summed E-state index contributed by atoms with van der Waals surface area (Å²) in [6.45, 7) is 3.96. The first-order valence-electron chi connectivity index (χ1n) is 10.6. The number of fused-ring (bicyclic) bond motifs is 1. The van der Waals surface area contributed by atoms with Crippen LogP contribution in [-0.4, -0.2) is 56.7 Å². The van der Waals surface area contributed by atoms with Crippen LogP contribution in [0.25, 0.3) is 28.0 Å². The quantitative estimate of drug-likeness (QED) is 0.451. The van der Waals surface area contributed by atoms with E-state index in [0.29, 0.717) is 34.6 Å². The Kier molecular flexibility index (Phi) is 6.22. The van der Waals surface area contributed by atoms with Crippen molar-refractivity contribution in [2.24, 2.45) is 5.73 Å². The molecule has 4 aromatic rings. The summed E-state index contributed by atoms with van der Waals surface area (Å²) >= 11 is 0. The maximum atomic E-state index is 14.4. The van der Waals surface area contributed by atoms with Crippen LogP contribution in [-0.2, 0) is 4.79 Å². The van der Waals surface area contributed by atoms with Gasteiger partial charge in [-0.25, -0.2) is 14.4 Å². The van der Waals surface area contributed by atoms with Gasteiger partial charge in [-0.05, 0) is 44.2 Å². The standard InChI is InChI=1S/C24H23FN6O3/c1-4-34-17-6-8-20(25)19(10-17)16-11-27-24(28-12-16)31-21-9-15(5-7-18(21)14(2)29-31)23(33)30(3)13-22(26)32/h5-12H,4,13H2,1-3H3,(H2,26,32). The van der Waals surface area contributed by atoms with Gasteiger partial charge in [-0.1, -0.05) is 6.07 Å². The molecule has 0 aliphatic carbocycles. The Morgan fingerprint density at radius 3 is 2.56 bits per heavy atom. The average Bonchev–Trinajstić information content (AvgIpc) is 3.15. The van der Waals surface area contributed by atoms with E-state index in [0.717, 1.165) is 11.1 Å². The van der Waals surface area contributed by atoms with Gasteiger partial charge in [0.15, 0.2) is 0 Å². The summed E-state index contributed by atoms with van der Waals surface area (Å²) in [7, 11) is 1.50. The number of halogens is 1. The van der Waals surface area contributed by atoms with Crippen molar-refractivity contribution in [2.75, 3.05) is 20.2 Å². The van der Waals surface area contributed by atoms with Gasteiger partial charge < -0.3 is 15.4 Å². The SMILES string of the molecule is CCOc1ccc(F)c(-c2cnc(-n3nc(C)c4ccc(C(=O)N(C)CC(N)=O)cc43)nc2)c1. The highest BCUT2D eigenvalue weighted by Gasteiger charge is 2.18. The van der Waals surface area contributed by atoms with Crippen LogP contribution >= 0.6 is 0 Å². The molecule has 2 aromatic heterocycles. The molecule has 0 spiro atoms.